The summed E-state index contributed by atoms with van der Waals surface area (Å²) in [6.45, 7) is 6.19. The average Bonchev–Trinajstić information content (AvgIpc) is 2.58. The number of thiophene rings is 1. The number of sulfonamides is 1. The summed E-state index contributed by atoms with van der Waals surface area (Å²) in [5, 5.41) is 0.804. The zero-order valence-corrected chi connectivity index (χ0v) is 15.4. The van der Waals surface area contributed by atoms with Gasteiger partial charge in [0.2, 0.25) is 10.0 Å². The average molecular weight is 419 g/mol. The minimum absolute atomic E-state index is 0.0351. The minimum atomic E-state index is -3.39. The van der Waals surface area contributed by atoms with Gasteiger partial charge in [-0.25, -0.2) is 8.42 Å². The summed E-state index contributed by atoms with van der Waals surface area (Å²) in [5.74, 6) is 0. The van der Waals surface area contributed by atoms with Crippen LogP contribution in [0.1, 0.15) is 25.1 Å². The summed E-state index contributed by atoms with van der Waals surface area (Å²) in [6, 6.07) is 1.66. The number of rotatable bonds is 6. The van der Waals surface area contributed by atoms with Crippen molar-refractivity contribution in [2.24, 2.45) is 0 Å². The van der Waals surface area contributed by atoms with Crippen molar-refractivity contribution in [2.75, 3.05) is 11.9 Å². The topological polar surface area (TPSA) is 37.4 Å². The fourth-order valence-electron chi connectivity index (χ4n) is 1.68. The van der Waals surface area contributed by atoms with E-state index in [4.69, 9.17) is 0 Å². The maximum Gasteiger partial charge on any atom is 0.244 e. The standard InChI is InChI=1S/C11H17Br2NO2S2/c1-8(2)14(6-4-5-12)18(15,16)10-7-11(13)17-9(10)3/h7-8H,4-6H2,1-3H3. The van der Waals surface area contributed by atoms with Crippen LogP contribution in [0.2, 0.25) is 0 Å². The molecule has 1 heterocycles. The van der Waals surface area contributed by atoms with Gasteiger partial charge in [-0.1, -0.05) is 15.9 Å². The highest BCUT2D eigenvalue weighted by molar-refractivity contribution is 9.11. The number of aryl methyl sites for hydroxylation is 1. The van der Waals surface area contributed by atoms with Crippen LogP contribution in [-0.2, 0) is 10.0 Å². The van der Waals surface area contributed by atoms with E-state index in [0.717, 1.165) is 20.4 Å². The number of halogens is 2. The zero-order valence-electron chi connectivity index (χ0n) is 10.6. The third-order valence-electron chi connectivity index (χ3n) is 2.52. The van der Waals surface area contributed by atoms with Crippen molar-refractivity contribution in [3.8, 4) is 0 Å². The molecule has 0 amide bonds. The minimum Gasteiger partial charge on any atom is -0.207 e. The van der Waals surface area contributed by atoms with Crippen LogP contribution >= 0.6 is 43.2 Å². The Morgan fingerprint density at radius 3 is 2.44 bits per heavy atom. The molecule has 1 rings (SSSR count). The van der Waals surface area contributed by atoms with E-state index < -0.39 is 10.0 Å². The van der Waals surface area contributed by atoms with Crippen LogP contribution in [0.4, 0.5) is 0 Å². The van der Waals surface area contributed by atoms with Crippen molar-refractivity contribution in [1.29, 1.82) is 0 Å². The lowest BCUT2D eigenvalue weighted by Gasteiger charge is -2.25. The molecule has 0 atom stereocenters. The molecule has 0 saturated carbocycles. The molecule has 0 spiro atoms. The third-order valence-corrected chi connectivity index (χ3v) is 6.96. The Balaban J connectivity index is 3.13. The van der Waals surface area contributed by atoms with E-state index in [1.54, 1.807) is 10.4 Å². The number of hydrogen-bond donors (Lipinski definition) is 0. The molecule has 0 bridgehead atoms. The van der Waals surface area contributed by atoms with Gasteiger partial charge in [-0.3, -0.25) is 0 Å². The molecule has 1 aromatic rings. The zero-order chi connectivity index (χ0) is 13.9. The Labute approximate surface area is 130 Å². The highest BCUT2D eigenvalue weighted by Crippen LogP contribution is 2.32. The molecule has 0 aromatic carbocycles. The first-order valence-electron chi connectivity index (χ1n) is 5.64. The predicted octanol–water partition coefficient (Wildman–Crippen LogP) is 4.00. The van der Waals surface area contributed by atoms with Gasteiger partial charge < -0.3 is 0 Å². The molecule has 0 fully saturated rings. The van der Waals surface area contributed by atoms with E-state index in [0.29, 0.717) is 11.4 Å². The van der Waals surface area contributed by atoms with Gasteiger partial charge in [0.1, 0.15) is 0 Å². The second-order valence-electron chi connectivity index (χ2n) is 4.22. The lowest BCUT2D eigenvalue weighted by Crippen LogP contribution is -2.37. The normalized spacial score (nSPS) is 12.6. The molecule has 0 aliphatic carbocycles. The van der Waals surface area contributed by atoms with Crippen molar-refractivity contribution >= 4 is 53.2 Å². The first kappa shape index (κ1) is 16.6. The maximum atomic E-state index is 12.6. The third kappa shape index (κ3) is 3.79. The number of hydrogen-bond acceptors (Lipinski definition) is 3. The molecule has 18 heavy (non-hydrogen) atoms. The van der Waals surface area contributed by atoms with Crippen LogP contribution in [-0.4, -0.2) is 30.6 Å². The van der Waals surface area contributed by atoms with Gasteiger partial charge in [0.05, 0.1) is 8.68 Å². The second-order valence-corrected chi connectivity index (χ2v) is 9.51. The molecule has 0 N–H and O–H groups in total. The molecule has 0 aliphatic rings. The van der Waals surface area contributed by atoms with E-state index in [1.807, 2.05) is 20.8 Å². The van der Waals surface area contributed by atoms with Gasteiger partial charge in [0.15, 0.2) is 0 Å². The van der Waals surface area contributed by atoms with Crippen LogP contribution in [0.5, 0.6) is 0 Å². The Morgan fingerprint density at radius 2 is 2.06 bits per heavy atom. The van der Waals surface area contributed by atoms with Gasteiger partial charge in [-0.15, -0.1) is 11.3 Å². The van der Waals surface area contributed by atoms with Gasteiger partial charge in [0, 0.05) is 22.8 Å². The molecule has 0 saturated heterocycles. The maximum absolute atomic E-state index is 12.6. The Bertz CT molecular complexity index is 497. The smallest absolute Gasteiger partial charge is 0.207 e. The van der Waals surface area contributed by atoms with Crippen molar-refractivity contribution in [3.63, 3.8) is 0 Å². The monoisotopic (exact) mass is 417 g/mol. The highest BCUT2D eigenvalue weighted by atomic mass is 79.9. The van der Waals surface area contributed by atoms with E-state index in [9.17, 15) is 8.42 Å². The van der Waals surface area contributed by atoms with Crippen molar-refractivity contribution in [3.05, 3.63) is 14.7 Å². The number of alkyl halides is 1. The lowest BCUT2D eigenvalue weighted by molar-refractivity contribution is 0.355. The molecular weight excluding hydrogens is 402 g/mol. The van der Waals surface area contributed by atoms with Crippen molar-refractivity contribution < 1.29 is 8.42 Å². The summed E-state index contributed by atoms with van der Waals surface area (Å²) in [5.41, 5.74) is 0. The Kier molecular flexibility index (Phi) is 6.31. The van der Waals surface area contributed by atoms with Crippen LogP contribution < -0.4 is 0 Å². The summed E-state index contributed by atoms with van der Waals surface area (Å²) in [6.07, 6.45) is 0.807. The van der Waals surface area contributed by atoms with E-state index >= 15 is 0 Å². The van der Waals surface area contributed by atoms with E-state index in [2.05, 4.69) is 31.9 Å². The summed E-state index contributed by atoms with van der Waals surface area (Å²) >= 11 is 8.13. The first-order valence-corrected chi connectivity index (χ1v) is 9.81. The summed E-state index contributed by atoms with van der Waals surface area (Å²) in [7, 11) is -3.39. The fraction of sp³-hybridized carbons (Fsp3) is 0.636. The Morgan fingerprint density at radius 1 is 1.44 bits per heavy atom. The molecule has 0 unspecified atom stereocenters. The van der Waals surface area contributed by atoms with Crippen LogP contribution in [0.3, 0.4) is 0 Å². The van der Waals surface area contributed by atoms with Crippen LogP contribution in [0, 0.1) is 6.92 Å². The predicted molar refractivity (Wildman–Crippen MR) is 84.2 cm³/mol. The van der Waals surface area contributed by atoms with Crippen LogP contribution in [0.25, 0.3) is 0 Å². The fourth-order valence-corrected chi connectivity index (χ4v) is 6.00. The van der Waals surface area contributed by atoms with Gasteiger partial charge in [-0.05, 0) is 49.2 Å². The first-order chi connectivity index (χ1) is 8.30. The Hall–Kier alpha value is 0.570. The quantitative estimate of drug-likeness (QED) is 0.654. The second kappa shape index (κ2) is 6.83. The molecule has 3 nitrogen and oxygen atoms in total. The van der Waals surface area contributed by atoms with E-state index in [-0.39, 0.29) is 6.04 Å². The molecule has 104 valence electrons. The van der Waals surface area contributed by atoms with Crippen LogP contribution in [0.15, 0.2) is 14.7 Å². The molecule has 1 aromatic heterocycles. The van der Waals surface area contributed by atoms with Crippen molar-refractivity contribution in [2.45, 2.75) is 38.1 Å². The number of nitrogens with zero attached hydrogens (tertiary/aromatic N) is 1. The largest absolute Gasteiger partial charge is 0.244 e. The molecule has 0 radical (unpaired) electrons. The van der Waals surface area contributed by atoms with Crippen molar-refractivity contribution in [1.82, 2.24) is 4.31 Å². The molecule has 0 aliphatic heterocycles. The summed E-state index contributed by atoms with van der Waals surface area (Å²) in [4.78, 5) is 1.24. The van der Waals surface area contributed by atoms with Gasteiger partial charge >= 0.3 is 0 Å². The SMILES string of the molecule is Cc1sc(Br)cc1S(=O)(=O)N(CCCBr)C(C)C. The molecular formula is C11H17Br2NO2S2. The van der Waals surface area contributed by atoms with Gasteiger partial charge in [0.25, 0.3) is 0 Å². The van der Waals surface area contributed by atoms with E-state index in [1.165, 1.54) is 11.3 Å². The summed E-state index contributed by atoms with van der Waals surface area (Å²) < 4.78 is 27.6. The highest BCUT2D eigenvalue weighted by Gasteiger charge is 2.29. The lowest BCUT2D eigenvalue weighted by atomic mass is 10.4. The van der Waals surface area contributed by atoms with Gasteiger partial charge in [-0.2, -0.15) is 4.31 Å². The molecule has 7 heteroatoms.